The molecule has 0 saturated heterocycles. The highest BCUT2D eigenvalue weighted by atomic mass is 16.4. The molecular weight excluding hydrogens is 244 g/mol. The smallest absolute Gasteiger partial charge is 0.314 e. The molecule has 5 nitrogen and oxygen atoms in total. The fourth-order valence-corrected chi connectivity index (χ4v) is 1.79. The van der Waals surface area contributed by atoms with Crippen molar-refractivity contribution in [3.05, 3.63) is 0 Å². The summed E-state index contributed by atoms with van der Waals surface area (Å²) in [6.45, 7) is 6.97. The van der Waals surface area contributed by atoms with Crippen molar-refractivity contribution in [2.24, 2.45) is 5.92 Å². The summed E-state index contributed by atoms with van der Waals surface area (Å²) in [5.74, 6) is -0.0788. The van der Waals surface area contributed by atoms with Gasteiger partial charge in [0.15, 0.2) is 0 Å². The van der Waals surface area contributed by atoms with Gasteiger partial charge in [0.25, 0.3) is 0 Å². The van der Waals surface area contributed by atoms with E-state index in [1.807, 2.05) is 6.92 Å². The number of hydrogen-bond acceptors (Lipinski definition) is 2. The Kier molecular flexibility index (Phi) is 9.94. The van der Waals surface area contributed by atoms with E-state index in [0.717, 1.165) is 12.8 Å². The van der Waals surface area contributed by atoms with Crippen molar-refractivity contribution in [2.75, 3.05) is 6.54 Å². The van der Waals surface area contributed by atoms with Gasteiger partial charge in [0.2, 0.25) is 0 Å². The van der Waals surface area contributed by atoms with Gasteiger partial charge in [0, 0.05) is 19.0 Å². The Morgan fingerprint density at radius 2 is 1.74 bits per heavy atom. The third-order valence-corrected chi connectivity index (χ3v) is 2.90. The summed E-state index contributed by atoms with van der Waals surface area (Å²) in [5, 5.41) is 14.1. The van der Waals surface area contributed by atoms with Gasteiger partial charge in [-0.2, -0.15) is 0 Å². The van der Waals surface area contributed by atoms with E-state index in [4.69, 9.17) is 5.11 Å². The van der Waals surface area contributed by atoms with Gasteiger partial charge >= 0.3 is 12.0 Å². The number of carbonyl (C=O) groups is 2. The van der Waals surface area contributed by atoms with Crippen LogP contribution in [0.1, 0.15) is 59.3 Å². The number of carboxylic acid groups (broad SMARTS) is 1. The van der Waals surface area contributed by atoms with Gasteiger partial charge in [-0.05, 0) is 32.1 Å². The second-order valence-corrected chi connectivity index (χ2v) is 5.48. The third-order valence-electron chi connectivity index (χ3n) is 2.90. The van der Waals surface area contributed by atoms with Gasteiger partial charge in [-0.3, -0.25) is 4.79 Å². The van der Waals surface area contributed by atoms with E-state index in [2.05, 4.69) is 24.5 Å². The van der Waals surface area contributed by atoms with Crippen LogP contribution in [0, 0.1) is 5.92 Å². The van der Waals surface area contributed by atoms with Gasteiger partial charge in [0.05, 0.1) is 0 Å². The number of amides is 2. The standard InChI is InChI=1S/C14H28N2O3/c1-11(2)7-4-5-10-15-14(19)16-12(3)8-6-9-13(17)18/h11-12H,4-10H2,1-3H3,(H,17,18)(H2,15,16,19). The summed E-state index contributed by atoms with van der Waals surface area (Å²) in [6, 6.07) is -0.151. The largest absolute Gasteiger partial charge is 0.481 e. The highest BCUT2D eigenvalue weighted by Gasteiger charge is 2.07. The summed E-state index contributed by atoms with van der Waals surface area (Å²) in [6.07, 6.45) is 4.75. The minimum atomic E-state index is -0.790. The maximum absolute atomic E-state index is 11.5. The predicted octanol–water partition coefficient (Wildman–Crippen LogP) is 2.76. The van der Waals surface area contributed by atoms with Crippen LogP contribution in [0.25, 0.3) is 0 Å². The first-order valence-electron chi connectivity index (χ1n) is 7.18. The molecule has 19 heavy (non-hydrogen) atoms. The van der Waals surface area contributed by atoms with E-state index in [1.165, 1.54) is 6.42 Å². The normalized spacial score (nSPS) is 12.2. The summed E-state index contributed by atoms with van der Waals surface area (Å²) in [5.41, 5.74) is 0. The number of carboxylic acids is 1. The quantitative estimate of drug-likeness (QED) is 0.535. The number of rotatable bonds is 10. The SMILES string of the molecule is CC(C)CCCCNC(=O)NC(C)CCCC(=O)O. The molecule has 0 heterocycles. The Morgan fingerprint density at radius 1 is 1.05 bits per heavy atom. The lowest BCUT2D eigenvalue weighted by Crippen LogP contribution is -2.41. The Bertz CT molecular complexity index is 267. The van der Waals surface area contributed by atoms with Crippen LogP contribution >= 0.6 is 0 Å². The molecule has 5 heteroatoms. The molecule has 112 valence electrons. The molecule has 0 rings (SSSR count). The molecule has 0 radical (unpaired) electrons. The lowest BCUT2D eigenvalue weighted by atomic mass is 10.1. The maximum Gasteiger partial charge on any atom is 0.314 e. The minimum Gasteiger partial charge on any atom is -0.481 e. The van der Waals surface area contributed by atoms with E-state index in [9.17, 15) is 9.59 Å². The van der Waals surface area contributed by atoms with E-state index >= 15 is 0 Å². The topological polar surface area (TPSA) is 78.4 Å². The summed E-state index contributed by atoms with van der Waals surface area (Å²) >= 11 is 0. The van der Waals surface area contributed by atoms with Crippen LogP contribution in [0.5, 0.6) is 0 Å². The highest BCUT2D eigenvalue weighted by molar-refractivity contribution is 5.74. The first kappa shape index (κ1) is 17.7. The average molecular weight is 272 g/mol. The van der Waals surface area contributed by atoms with E-state index in [-0.39, 0.29) is 18.5 Å². The van der Waals surface area contributed by atoms with Gasteiger partial charge < -0.3 is 15.7 Å². The van der Waals surface area contributed by atoms with E-state index in [0.29, 0.717) is 25.3 Å². The molecular formula is C14H28N2O3. The van der Waals surface area contributed by atoms with Crippen molar-refractivity contribution in [1.29, 1.82) is 0 Å². The lowest BCUT2D eigenvalue weighted by molar-refractivity contribution is -0.137. The highest BCUT2D eigenvalue weighted by Crippen LogP contribution is 2.05. The molecule has 0 spiro atoms. The van der Waals surface area contributed by atoms with Crippen LogP contribution < -0.4 is 10.6 Å². The first-order chi connectivity index (χ1) is 8.91. The molecule has 1 atom stereocenters. The van der Waals surface area contributed by atoms with Crippen LogP contribution in [0.4, 0.5) is 4.79 Å². The number of unbranched alkanes of at least 4 members (excludes halogenated alkanes) is 1. The van der Waals surface area contributed by atoms with Crippen LogP contribution in [0.15, 0.2) is 0 Å². The zero-order valence-corrected chi connectivity index (χ0v) is 12.4. The van der Waals surface area contributed by atoms with Crippen molar-refractivity contribution in [2.45, 2.75) is 65.3 Å². The minimum absolute atomic E-state index is 0.00927. The number of nitrogens with one attached hydrogen (secondary N) is 2. The number of urea groups is 1. The molecule has 0 fully saturated rings. The van der Waals surface area contributed by atoms with Crippen molar-refractivity contribution < 1.29 is 14.7 Å². The molecule has 0 saturated carbocycles. The molecule has 1 unspecified atom stereocenters. The molecule has 0 aliphatic carbocycles. The third kappa shape index (κ3) is 13.0. The molecule has 3 N–H and O–H groups in total. The Morgan fingerprint density at radius 3 is 2.32 bits per heavy atom. The molecule has 0 bridgehead atoms. The van der Waals surface area contributed by atoms with Crippen LogP contribution in [-0.2, 0) is 4.79 Å². The lowest BCUT2D eigenvalue weighted by Gasteiger charge is -2.14. The molecule has 2 amide bonds. The zero-order valence-electron chi connectivity index (χ0n) is 12.4. The molecule has 0 aliphatic heterocycles. The van der Waals surface area contributed by atoms with E-state index < -0.39 is 5.97 Å². The van der Waals surface area contributed by atoms with Crippen molar-refractivity contribution in [3.63, 3.8) is 0 Å². The van der Waals surface area contributed by atoms with Gasteiger partial charge in [-0.15, -0.1) is 0 Å². The van der Waals surface area contributed by atoms with E-state index in [1.54, 1.807) is 0 Å². The molecule has 0 aromatic rings. The van der Waals surface area contributed by atoms with Crippen molar-refractivity contribution in [3.8, 4) is 0 Å². The summed E-state index contributed by atoms with van der Waals surface area (Å²) < 4.78 is 0. The number of hydrogen-bond donors (Lipinski definition) is 3. The first-order valence-corrected chi connectivity index (χ1v) is 7.18. The summed E-state index contributed by atoms with van der Waals surface area (Å²) in [4.78, 5) is 21.9. The second-order valence-electron chi connectivity index (χ2n) is 5.48. The van der Waals surface area contributed by atoms with Crippen molar-refractivity contribution in [1.82, 2.24) is 10.6 Å². The maximum atomic E-state index is 11.5. The van der Waals surface area contributed by atoms with Crippen LogP contribution in [-0.4, -0.2) is 29.7 Å². The Labute approximate surface area is 116 Å². The fraction of sp³-hybridized carbons (Fsp3) is 0.857. The van der Waals surface area contributed by atoms with Crippen molar-refractivity contribution >= 4 is 12.0 Å². The fourth-order valence-electron chi connectivity index (χ4n) is 1.79. The van der Waals surface area contributed by atoms with Gasteiger partial charge in [-0.1, -0.05) is 26.7 Å². The second kappa shape index (κ2) is 10.6. The Balaban J connectivity index is 3.49. The predicted molar refractivity (Wildman–Crippen MR) is 76.2 cm³/mol. The monoisotopic (exact) mass is 272 g/mol. The molecule has 0 aromatic carbocycles. The van der Waals surface area contributed by atoms with Crippen LogP contribution in [0.2, 0.25) is 0 Å². The molecule has 0 aromatic heterocycles. The van der Waals surface area contributed by atoms with Gasteiger partial charge in [0.1, 0.15) is 0 Å². The number of aliphatic carboxylic acids is 1. The Hall–Kier alpha value is -1.26. The summed E-state index contributed by atoms with van der Waals surface area (Å²) in [7, 11) is 0. The number of carbonyl (C=O) groups excluding carboxylic acids is 1. The van der Waals surface area contributed by atoms with Gasteiger partial charge in [-0.25, -0.2) is 4.79 Å². The zero-order chi connectivity index (χ0) is 14.7. The average Bonchev–Trinajstić information content (AvgIpc) is 2.27. The van der Waals surface area contributed by atoms with Crippen LogP contribution in [0.3, 0.4) is 0 Å². The molecule has 0 aliphatic rings.